The molecule has 0 aliphatic heterocycles. The number of aryl methyl sites for hydroxylation is 1. The lowest BCUT2D eigenvalue weighted by Gasteiger charge is -2.14. The molecule has 86 valence electrons. The number of aromatic amines is 1. The monoisotopic (exact) mass is 228 g/mol. The Bertz CT molecular complexity index is 287. The lowest BCUT2D eigenvalue weighted by Crippen LogP contribution is -2.30. The average molecular weight is 228 g/mol. The van der Waals surface area contributed by atoms with Crippen LogP contribution in [0.4, 0.5) is 0 Å². The van der Waals surface area contributed by atoms with Crippen molar-refractivity contribution in [2.24, 2.45) is 0 Å². The van der Waals surface area contributed by atoms with Gasteiger partial charge in [0.05, 0.1) is 0 Å². The van der Waals surface area contributed by atoms with Gasteiger partial charge in [0, 0.05) is 17.8 Å². The molecule has 0 aliphatic rings. The molecule has 1 heterocycles. The van der Waals surface area contributed by atoms with Gasteiger partial charge in [0.15, 0.2) is 0 Å². The van der Waals surface area contributed by atoms with Crippen molar-refractivity contribution in [2.75, 3.05) is 6.54 Å². The van der Waals surface area contributed by atoms with Gasteiger partial charge in [0.2, 0.25) is 5.16 Å². The van der Waals surface area contributed by atoms with Crippen LogP contribution in [0.15, 0.2) is 5.16 Å². The Morgan fingerprint density at radius 3 is 2.73 bits per heavy atom. The summed E-state index contributed by atoms with van der Waals surface area (Å²) in [5, 5.41) is 11.8. The molecule has 2 atom stereocenters. The van der Waals surface area contributed by atoms with Crippen LogP contribution < -0.4 is 5.32 Å². The number of rotatable bonds is 6. The summed E-state index contributed by atoms with van der Waals surface area (Å²) in [6, 6.07) is 0.585. The SMILES string of the molecule is CCC(C)NCC(C)Sc1n[nH]c(C)n1. The largest absolute Gasteiger partial charge is 0.313 e. The highest BCUT2D eigenvalue weighted by molar-refractivity contribution is 7.99. The molecule has 15 heavy (non-hydrogen) atoms. The smallest absolute Gasteiger partial charge is 0.208 e. The summed E-state index contributed by atoms with van der Waals surface area (Å²) in [7, 11) is 0. The fourth-order valence-corrected chi connectivity index (χ4v) is 1.94. The molecule has 1 rings (SSSR count). The van der Waals surface area contributed by atoms with Crippen LogP contribution >= 0.6 is 11.8 Å². The third-order valence-electron chi connectivity index (χ3n) is 2.25. The Kier molecular flexibility index (Phi) is 5.11. The normalized spacial score (nSPS) is 15.2. The third kappa shape index (κ3) is 4.66. The summed E-state index contributed by atoms with van der Waals surface area (Å²) < 4.78 is 0. The summed E-state index contributed by atoms with van der Waals surface area (Å²) in [5.74, 6) is 0.875. The summed E-state index contributed by atoms with van der Waals surface area (Å²) in [6.07, 6.45) is 1.16. The molecule has 0 saturated heterocycles. The summed E-state index contributed by atoms with van der Waals surface area (Å²) in [5.41, 5.74) is 0. The summed E-state index contributed by atoms with van der Waals surface area (Å²) in [4.78, 5) is 4.27. The fraction of sp³-hybridized carbons (Fsp3) is 0.800. The van der Waals surface area contributed by atoms with Crippen LogP contribution in [0.5, 0.6) is 0 Å². The second-order valence-corrected chi connectivity index (χ2v) is 5.25. The van der Waals surface area contributed by atoms with Crippen LogP contribution in [0.1, 0.15) is 33.0 Å². The van der Waals surface area contributed by atoms with E-state index in [0.717, 1.165) is 23.9 Å². The molecule has 0 bridgehead atoms. The first-order chi connectivity index (χ1) is 7.11. The maximum Gasteiger partial charge on any atom is 0.208 e. The maximum absolute atomic E-state index is 4.27. The Balaban J connectivity index is 2.27. The standard InChI is InChI=1S/C10H20N4S/c1-5-7(2)11-6-8(3)15-10-12-9(4)13-14-10/h7-8,11H,5-6H2,1-4H3,(H,12,13,14). The number of aromatic nitrogens is 3. The second-order valence-electron chi connectivity index (χ2n) is 3.85. The predicted octanol–water partition coefficient (Wildman–Crippen LogP) is 1.98. The number of nitrogens with one attached hydrogen (secondary N) is 2. The zero-order chi connectivity index (χ0) is 11.3. The van der Waals surface area contributed by atoms with Crippen LogP contribution in [0, 0.1) is 6.92 Å². The minimum Gasteiger partial charge on any atom is -0.313 e. The third-order valence-corrected chi connectivity index (χ3v) is 3.21. The molecule has 2 N–H and O–H groups in total. The van der Waals surface area contributed by atoms with E-state index in [-0.39, 0.29) is 0 Å². The van der Waals surface area contributed by atoms with E-state index >= 15 is 0 Å². The van der Waals surface area contributed by atoms with Crippen molar-refractivity contribution < 1.29 is 0 Å². The molecule has 0 saturated carbocycles. The molecular formula is C10H20N4S. The zero-order valence-corrected chi connectivity index (χ0v) is 10.7. The lowest BCUT2D eigenvalue weighted by atomic mass is 10.2. The molecule has 0 aliphatic carbocycles. The molecule has 0 radical (unpaired) electrons. The molecule has 4 nitrogen and oxygen atoms in total. The molecule has 1 aromatic heterocycles. The van der Waals surface area contributed by atoms with E-state index in [1.54, 1.807) is 11.8 Å². The van der Waals surface area contributed by atoms with Gasteiger partial charge in [0.1, 0.15) is 5.82 Å². The van der Waals surface area contributed by atoms with Gasteiger partial charge in [-0.3, -0.25) is 5.10 Å². The van der Waals surface area contributed by atoms with Gasteiger partial charge >= 0.3 is 0 Å². The molecule has 0 spiro atoms. The molecule has 2 unspecified atom stereocenters. The van der Waals surface area contributed by atoms with Gasteiger partial charge in [-0.15, -0.1) is 5.10 Å². The number of nitrogens with zero attached hydrogens (tertiary/aromatic N) is 2. The molecule has 5 heteroatoms. The molecule has 0 fully saturated rings. The van der Waals surface area contributed by atoms with Crippen molar-refractivity contribution in [2.45, 2.75) is 50.6 Å². The van der Waals surface area contributed by atoms with Crippen molar-refractivity contribution in [1.29, 1.82) is 0 Å². The number of hydrogen-bond acceptors (Lipinski definition) is 4. The molecule has 0 amide bonds. The highest BCUT2D eigenvalue weighted by Gasteiger charge is 2.09. The summed E-state index contributed by atoms with van der Waals surface area (Å²) >= 11 is 1.70. The lowest BCUT2D eigenvalue weighted by molar-refractivity contribution is 0.536. The van der Waals surface area contributed by atoms with E-state index in [1.165, 1.54) is 0 Å². The van der Waals surface area contributed by atoms with E-state index in [2.05, 4.69) is 41.3 Å². The first kappa shape index (κ1) is 12.5. The Hall–Kier alpha value is -0.550. The molecular weight excluding hydrogens is 208 g/mol. The zero-order valence-electron chi connectivity index (χ0n) is 9.87. The van der Waals surface area contributed by atoms with E-state index in [0.29, 0.717) is 11.3 Å². The van der Waals surface area contributed by atoms with Crippen molar-refractivity contribution in [1.82, 2.24) is 20.5 Å². The minimum absolute atomic E-state index is 0.495. The van der Waals surface area contributed by atoms with Crippen molar-refractivity contribution >= 4 is 11.8 Å². The van der Waals surface area contributed by atoms with Crippen molar-refractivity contribution in [3.05, 3.63) is 5.82 Å². The molecule has 1 aromatic rings. The van der Waals surface area contributed by atoms with Gasteiger partial charge in [-0.25, -0.2) is 4.98 Å². The Morgan fingerprint density at radius 2 is 2.20 bits per heavy atom. The van der Waals surface area contributed by atoms with E-state index in [4.69, 9.17) is 0 Å². The van der Waals surface area contributed by atoms with Gasteiger partial charge < -0.3 is 5.32 Å². The van der Waals surface area contributed by atoms with Crippen LogP contribution in [0.3, 0.4) is 0 Å². The van der Waals surface area contributed by atoms with Gasteiger partial charge in [0.25, 0.3) is 0 Å². The predicted molar refractivity (Wildman–Crippen MR) is 64.2 cm³/mol. The van der Waals surface area contributed by atoms with Crippen LogP contribution in [-0.2, 0) is 0 Å². The summed E-state index contributed by atoms with van der Waals surface area (Å²) in [6.45, 7) is 9.49. The molecule has 0 aromatic carbocycles. The van der Waals surface area contributed by atoms with Gasteiger partial charge in [-0.05, 0) is 20.3 Å². The van der Waals surface area contributed by atoms with Crippen LogP contribution in [0.2, 0.25) is 0 Å². The van der Waals surface area contributed by atoms with Crippen molar-refractivity contribution in [3.63, 3.8) is 0 Å². The number of H-pyrrole nitrogens is 1. The number of hydrogen-bond donors (Lipinski definition) is 2. The minimum atomic E-state index is 0.495. The van der Waals surface area contributed by atoms with Gasteiger partial charge in [-0.2, -0.15) is 0 Å². The first-order valence-electron chi connectivity index (χ1n) is 5.40. The first-order valence-corrected chi connectivity index (χ1v) is 6.28. The average Bonchev–Trinajstić information content (AvgIpc) is 2.60. The number of thioether (sulfide) groups is 1. The fourth-order valence-electron chi connectivity index (χ4n) is 1.11. The quantitative estimate of drug-likeness (QED) is 0.731. The van der Waals surface area contributed by atoms with E-state index < -0.39 is 0 Å². The second kappa shape index (κ2) is 6.12. The topological polar surface area (TPSA) is 53.6 Å². The Morgan fingerprint density at radius 1 is 1.47 bits per heavy atom. The highest BCUT2D eigenvalue weighted by atomic mass is 32.2. The van der Waals surface area contributed by atoms with E-state index in [9.17, 15) is 0 Å². The van der Waals surface area contributed by atoms with Crippen LogP contribution in [0.25, 0.3) is 0 Å². The maximum atomic E-state index is 4.27. The Labute approximate surface area is 95.6 Å². The van der Waals surface area contributed by atoms with Gasteiger partial charge in [-0.1, -0.05) is 25.6 Å². The highest BCUT2D eigenvalue weighted by Crippen LogP contribution is 2.18. The van der Waals surface area contributed by atoms with Crippen molar-refractivity contribution in [3.8, 4) is 0 Å². The van der Waals surface area contributed by atoms with E-state index in [1.807, 2.05) is 6.92 Å². The van der Waals surface area contributed by atoms with Crippen LogP contribution in [-0.4, -0.2) is 33.0 Å².